The number of aliphatic hydroxyl groups excluding tert-OH is 1. The Kier molecular flexibility index (Phi) is 9.42. The number of piperidine rings is 1. The number of halogens is 1. The molecule has 2 aromatic carbocycles. The Hall–Kier alpha value is -2.72. The number of fused-ring (bicyclic) bond motifs is 1. The summed E-state index contributed by atoms with van der Waals surface area (Å²) >= 11 is 0. The Morgan fingerprint density at radius 1 is 1.10 bits per heavy atom. The summed E-state index contributed by atoms with van der Waals surface area (Å²) in [5.41, 5.74) is 0.321. The van der Waals surface area contributed by atoms with E-state index in [1.54, 1.807) is 12.1 Å². The lowest BCUT2D eigenvalue weighted by atomic mass is 9.88. The first-order valence-electron chi connectivity index (χ1n) is 13.8. The molecule has 0 amide bonds. The van der Waals surface area contributed by atoms with Gasteiger partial charge in [-0.2, -0.15) is 4.31 Å². The van der Waals surface area contributed by atoms with E-state index in [9.17, 15) is 26.3 Å². The molecule has 14 heteroatoms. The molecule has 0 aliphatic carbocycles. The average Bonchev–Trinajstić information content (AvgIpc) is 3.40. The maximum atomic E-state index is 13.3. The van der Waals surface area contributed by atoms with Crippen molar-refractivity contribution in [1.29, 1.82) is 0 Å². The monoisotopic (exact) mass is 622 g/mol. The third-order valence-corrected chi connectivity index (χ3v) is 11.0. The minimum atomic E-state index is -3.85. The van der Waals surface area contributed by atoms with Crippen molar-refractivity contribution >= 4 is 30.9 Å². The molecule has 1 unspecified atom stereocenters. The summed E-state index contributed by atoms with van der Waals surface area (Å²) in [5, 5.41) is 14.5. The molecule has 1 aromatic heterocycles. The Bertz CT molecular complexity index is 1600. The van der Waals surface area contributed by atoms with Crippen molar-refractivity contribution in [1.82, 2.24) is 19.3 Å². The van der Waals surface area contributed by atoms with Crippen LogP contribution in [0.4, 0.5) is 4.39 Å². The van der Waals surface area contributed by atoms with Gasteiger partial charge >= 0.3 is 0 Å². The number of nitrogens with zero attached hydrogens (tertiary/aromatic N) is 2. The first-order chi connectivity index (χ1) is 20.1. The maximum absolute atomic E-state index is 13.3. The number of alkyl halides is 1. The van der Waals surface area contributed by atoms with Gasteiger partial charge in [0.2, 0.25) is 20.0 Å². The van der Waals surface area contributed by atoms with E-state index in [0.717, 1.165) is 10.9 Å². The Balaban J connectivity index is 1.08. The first-order valence-corrected chi connectivity index (χ1v) is 16.7. The average molecular weight is 623 g/mol. The first kappa shape index (κ1) is 30.7. The highest BCUT2D eigenvalue weighted by molar-refractivity contribution is 7.89. The summed E-state index contributed by atoms with van der Waals surface area (Å²) < 4.78 is 78.7. The highest BCUT2D eigenvalue weighted by Gasteiger charge is 2.44. The summed E-state index contributed by atoms with van der Waals surface area (Å²) in [7, 11) is -7.53. The van der Waals surface area contributed by atoms with Crippen LogP contribution in [0.2, 0.25) is 0 Å². The fourth-order valence-corrected chi connectivity index (χ4v) is 7.81. The largest absolute Gasteiger partial charge is 0.491 e. The second kappa shape index (κ2) is 12.9. The number of aromatic nitrogens is 1. The Morgan fingerprint density at radius 3 is 2.67 bits per heavy atom. The highest BCUT2D eigenvalue weighted by Crippen LogP contribution is 2.37. The number of aliphatic hydroxyl groups is 1. The molecule has 0 radical (unpaired) electrons. The number of hydrogen-bond acceptors (Lipinski definition) is 9. The molecule has 228 valence electrons. The van der Waals surface area contributed by atoms with E-state index in [1.807, 2.05) is 24.3 Å². The second-order valence-electron chi connectivity index (χ2n) is 10.6. The van der Waals surface area contributed by atoms with Crippen molar-refractivity contribution in [2.24, 2.45) is 0 Å². The fourth-order valence-electron chi connectivity index (χ4n) is 5.34. The van der Waals surface area contributed by atoms with Gasteiger partial charge in [0.15, 0.2) is 0 Å². The number of sulfonamides is 2. The van der Waals surface area contributed by atoms with Gasteiger partial charge < -0.3 is 19.9 Å². The summed E-state index contributed by atoms with van der Waals surface area (Å²) in [6.45, 7) is 0.170. The van der Waals surface area contributed by atoms with Gasteiger partial charge in [-0.1, -0.05) is 24.3 Å². The van der Waals surface area contributed by atoms with Gasteiger partial charge in [-0.25, -0.2) is 25.9 Å². The number of rotatable bonds is 12. The van der Waals surface area contributed by atoms with Gasteiger partial charge in [0.05, 0.1) is 22.6 Å². The van der Waals surface area contributed by atoms with E-state index in [4.69, 9.17) is 9.47 Å². The van der Waals surface area contributed by atoms with Crippen LogP contribution in [0, 0.1) is 0 Å². The van der Waals surface area contributed by atoms with E-state index >= 15 is 0 Å². The van der Waals surface area contributed by atoms with Crippen molar-refractivity contribution in [2.75, 3.05) is 46.1 Å². The number of nitrogens with one attached hydrogen (secondary N) is 2. The van der Waals surface area contributed by atoms with Gasteiger partial charge in [0.1, 0.15) is 30.0 Å². The third kappa shape index (κ3) is 7.08. The van der Waals surface area contributed by atoms with E-state index in [1.165, 1.54) is 28.7 Å². The molecule has 3 N–H and O–H groups in total. The number of benzene rings is 2. The van der Waals surface area contributed by atoms with E-state index in [0.29, 0.717) is 39.0 Å². The van der Waals surface area contributed by atoms with Crippen molar-refractivity contribution < 1.29 is 35.8 Å². The molecular weight excluding hydrogens is 587 g/mol. The zero-order chi connectivity index (χ0) is 29.8. The topological polar surface area (TPSA) is 147 Å². The standard InChI is InChI=1S/C28H35FN4O7S2/c29-10-11-32-41(35,36)25-6-3-5-24(15-25)39-20-23(34)17-30-22-16-28(40-19-22)8-12-33(13-9-28)42(37,38)26-14-21-4-1-2-7-27(21)31-18-26/h1-7,14-15,18,22-23,30,32,34H,8-13,16-17,19-20H2/t22-,23?/m1/s1. The minimum absolute atomic E-state index is 0.0115. The number of ether oxygens (including phenoxy) is 2. The van der Waals surface area contributed by atoms with Gasteiger partial charge in [-0.05, 0) is 43.5 Å². The maximum Gasteiger partial charge on any atom is 0.244 e. The molecule has 2 aliphatic rings. The van der Waals surface area contributed by atoms with Crippen molar-refractivity contribution in [2.45, 2.75) is 46.8 Å². The number of para-hydroxylation sites is 1. The molecule has 2 atom stereocenters. The molecule has 11 nitrogen and oxygen atoms in total. The quantitative estimate of drug-likeness (QED) is 0.275. The second-order valence-corrected chi connectivity index (χ2v) is 14.3. The molecule has 0 saturated carbocycles. The molecule has 5 rings (SSSR count). The predicted octanol–water partition coefficient (Wildman–Crippen LogP) is 1.82. The molecule has 42 heavy (non-hydrogen) atoms. The molecule has 0 bridgehead atoms. The summed E-state index contributed by atoms with van der Waals surface area (Å²) in [5.74, 6) is 0.265. The van der Waals surface area contributed by atoms with Crippen molar-refractivity contribution in [3.8, 4) is 5.75 Å². The van der Waals surface area contributed by atoms with Crippen LogP contribution in [0.3, 0.4) is 0 Å². The molecule has 1 spiro atoms. The van der Waals surface area contributed by atoms with Gasteiger partial charge in [0, 0.05) is 49.9 Å². The smallest absolute Gasteiger partial charge is 0.244 e. The zero-order valence-electron chi connectivity index (χ0n) is 23.0. The molecular formula is C28H35FN4O7S2. The predicted molar refractivity (Wildman–Crippen MR) is 154 cm³/mol. The van der Waals surface area contributed by atoms with Gasteiger partial charge in [0.25, 0.3) is 0 Å². The van der Waals surface area contributed by atoms with Crippen LogP contribution in [0.1, 0.15) is 19.3 Å². The third-order valence-electron chi connectivity index (χ3n) is 7.63. The van der Waals surface area contributed by atoms with E-state index in [2.05, 4.69) is 15.0 Å². The fraction of sp³-hybridized carbons (Fsp3) is 0.464. The van der Waals surface area contributed by atoms with Crippen LogP contribution in [0.25, 0.3) is 10.9 Å². The van der Waals surface area contributed by atoms with Crippen LogP contribution < -0.4 is 14.8 Å². The van der Waals surface area contributed by atoms with E-state index < -0.39 is 38.4 Å². The van der Waals surface area contributed by atoms with Crippen molar-refractivity contribution in [3.05, 3.63) is 60.8 Å². The van der Waals surface area contributed by atoms with Crippen LogP contribution in [-0.4, -0.2) is 95.0 Å². The molecule has 3 heterocycles. The van der Waals surface area contributed by atoms with Crippen LogP contribution >= 0.6 is 0 Å². The normalized spacial score (nSPS) is 20.2. The molecule has 2 aliphatic heterocycles. The lowest BCUT2D eigenvalue weighted by Crippen LogP contribution is -2.47. The van der Waals surface area contributed by atoms with Crippen LogP contribution in [-0.2, 0) is 24.8 Å². The van der Waals surface area contributed by atoms with Crippen molar-refractivity contribution in [3.63, 3.8) is 0 Å². The van der Waals surface area contributed by atoms with Crippen LogP contribution in [0.15, 0.2) is 70.6 Å². The molecule has 2 fully saturated rings. The SMILES string of the molecule is O=S(=O)(NCCF)c1cccc(OCC(O)CN[C@H]2COC3(CCN(S(=O)(=O)c4cnc5ccccc5c4)CC3)C2)c1. The molecule has 2 saturated heterocycles. The van der Waals surface area contributed by atoms with Gasteiger partial charge in [-0.15, -0.1) is 0 Å². The minimum Gasteiger partial charge on any atom is -0.491 e. The highest BCUT2D eigenvalue weighted by atomic mass is 32.2. The van der Waals surface area contributed by atoms with E-state index in [-0.39, 0.29) is 41.3 Å². The summed E-state index contributed by atoms with van der Waals surface area (Å²) in [6, 6.07) is 14.8. The van der Waals surface area contributed by atoms with Gasteiger partial charge in [-0.3, -0.25) is 4.98 Å². The number of hydrogen-bond donors (Lipinski definition) is 3. The van der Waals surface area contributed by atoms with Crippen LogP contribution in [0.5, 0.6) is 5.75 Å². The molecule has 3 aromatic rings. The lowest BCUT2D eigenvalue weighted by molar-refractivity contribution is -0.0312. The lowest BCUT2D eigenvalue weighted by Gasteiger charge is -2.38. The Labute approximate surface area is 245 Å². The number of pyridine rings is 1. The zero-order valence-corrected chi connectivity index (χ0v) is 24.6. The Morgan fingerprint density at radius 2 is 1.88 bits per heavy atom. The summed E-state index contributed by atoms with van der Waals surface area (Å²) in [6.07, 6.45) is 2.37. The summed E-state index contributed by atoms with van der Waals surface area (Å²) in [4.78, 5) is 4.43.